The summed E-state index contributed by atoms with van der Waals surface area (Å²) in [6, 6.07) is 19.5. The topological polar surface area (TPSA) is 37.4 Å². The van der Waals surface area contributed by atoms with Crippen LogP contribution >= 0.6 is 0 Å². The third kappa shape index (κ3) is 5.08. The summed E-state index contributed by atoms with van der Waals surface area (Å²) in [7, 11) is -4.04. The molecule has 0 aliphatic rings. The molecule has 0 N–H and O–H groups in total. The molecule has 0 atom stereocenters. The van der Waals surface area contributed by atoms with Crippen molar-refractivity contribution >= 4 is 15.7 Å². The summed E-state index contributed by atoms with van der Waals surface area (Å²) >= 11 is 0. The molecule has 0 aromatic heterocycles. The highest BCUT2D eigenvalue weighted by molar-refractivity contribution is 7.89. The van der Waals surface area contributed by atoms with Crippen LogP contribution in [0.5, 0.6) is 0 Å². The van der Waals surface area contributed by atoms with Gasteiger partial charge in [0.2, 0.25) is 0 Å². The van der Waals surface area contributed by atoms with E-state index in [9.17, 15) is 21.6 Å². The summed E-state index contributed by atoms with van der Waals surface area (Å²) < 4.78 is 67.0. The molecule has 3 rings (SSSR count). The summed E-state index contributed by atoms with van der Waals surface area (Å²) in [6.45, 7) is 5.41. The molecular weight excluding hydrogens is 423 g/mol. The lowest BCUT2D eigenvalue weighted by Crippen LogP contribution is -2.29. The predicted molar refractivity (Wildman–Crippen MR) is 114 cm³/mol. The van der Waals surface area contributed by atoms with Crippen molar-refractivity contribution in [3.05, 3.63) is 113 Å². The molecule has 0 aliphatic heterocycles. The van der Waals surface area contributed by atoms with Gasteiger partial charge in [-0.25, -0.2) is 8.42 Å². The molecule has 3 aromatic carbocycles. The molecule has 0 fully saturated rings. The maximum absolute atomic E-state index is 13.5. The van der Waals surface area contributed by atoms with Crippen LogP contribution in [0.25, 0.3) is 5.70 Å². The van der Waals surface area contributed by atoms with E-state index in [1.807, 2.05) is 13.0 Å². The van der Waals surface area contributed by atoms with Crippen LogP contribution in [0.3, 0.4) is 0 Å². The Morgan fingerprint density at radius 2 is 1.52 bits per heavy atom. The Labute approximate surface area is 179 Å². The number of hydrogen-bond acceptors (Lipinski definition) is 2. The molecule has 0 unspecified atom stereocenters. The summed E-state index contributed by atoms with van der Waals surface area (Å²) in [4.78, 5) is 0.0636. The highest BCUT2D eigenvalue weighted by Gasteiger charge is 2.31. The SMILES string of the molecule is C=C=C(c1ccc(C(F)(F)F)cc1)N(Cc1ccccc1)S(=O)(=O)c1ccc(C)cc1. The van der Waals surface area contributed by atoms with Gasteiger partial charge in [0.1, 0.15) is 5.70 Å². The zero-order valence-electron chi connectivity index (χ0n) is 16.7. The molecular formula is C24H20F3NO2S. The van der Waals surface area contributed by atoms with Gasteiger partial charge >= 0.3 is 6.18 Å². The second kappa shape index (κ2) is 8.84. The molecule has 0 saturated heterocycles. The smallest absolute Gasteiger partial charge is 0.254 e. The number of benzene rings is 3. The minimum absolute atomic E-state index is 0.0318. The van der Waals surface area contributed by atoms with Crippen LogP contribution < -0.4 is 0 Å². The third-order valence-corrected chi connectivity index (χ3v) is 6.44. The standard InChI is InChI=1S/C24H20F3NO2S/c1-3-23(20-11-13-21(14-12-20)24(25,26)27)28(17-19-7-5-4-6-8-19)31(29,30)22-15-9-18(2)10-16-22/h4-16H,1,17H2,2H3. The lowest BCUT2D eigenvalue weighted by atomic mass is 10.1. The fraction of sp³-hybridized carbons (Fsp3) is 0.125. The van der Waals surface area contributed by atoms with E-state index in [0.29, 0.717) is 5.56 Å². The van der Waals surface area contributed by atoms with Gasteiger partial charge in [-0.05, 0) is 36.8 Å². The summed E-state index contributed by atoms with van der Waals surface area (Å²) in [5.74, 6) is 0. The second-order valence-electron chi connectivity index (χ2n) is 6.91. The average molecular weight is 443 g/mol. The first-order valence-corrected chi connectivity index (χ1v) is 10.8. The Morgan fingerprint density at radius 3 is 2.03 bits per heavy atom. The van der Waals surface area contributed by atoms with E-state index in [4.69, 9.17) is 0 Å². The Morgan fingerprint density at radius 1 is 0.935 bits per heavy atom. The Kier molecular flexibility index (Phi) is 6.39. The summed E-state index contributed by atoms with van der Waals surface area (Å²) in [6.07, 6.45) is -4.49. The quantitative estimate of drug-likeness (QED) is 0.436. The number of nitrogens with zero attached hydrogens (tertiary/aromatic N) is 1. The normalized spacial score (nSPS) is 11.6. The number of sulfonamides is 1. The van der Waals surface area contributed by atoms with Crippen LogP contribution in [0.1, 0.15) is 22.3 Å². The van der Waals surface area contributed by atoms with E-state index in [-0.39, 0.29) is 22.7 Å². The Balaban J connectivity index is 2.10. The molecule has 0 bridgehead atoms. The predicted octanol–water partition coefficient (Wildman–Crippen LogP) is 6.03. The van der Waals surface area contributed by atoms with E-state index in [0.717, 1.165) is 22.0 Å². The van der Waals surface area contributed by atoms with Crippen molar-refractivity contribution in [2.75, 3.05) is 0 Å². The molecule has 0 saturated carbocycles. The number of aryl methyl sites for hydroxylation is 1. The molecule has 0 heterocycles. The highest BCUT2D eigenvalue weighted by Crippen LogP contribution is 2.32. The number of alkyl halides is 3. The number of halogens is 3. The third-order valence-electron chi connectivity index (χ3n) is 4.68. The number of hydrogen-bond donors (Lipinski definition) is 0. The van der Waals surface area contributed by atoms with Crippen LogP contribution in [0, 0.1) is 6.92 Å². The first-order chi connectivity index (χ1) is 14.6. The van der Waals surface area contributed by atoms with Crippen LogP contribution in [-0.4, -0.2) is 12.7 Å². The fourth-order valence-electron chi connectivity index (χ4n) is 3.02. The first kappa shape index (κ1) is 22.4. The second-order valence-corrected chi connectivity index (χ2v) is 8.77. The van der Waals surface area contributed by atoms with E-state index in [2.05, 4.69) is 12.3 Å². The van der Waals surface area contributed by atoms with Crippen LogP contribution in [0.2, 0.25) is 0 Å². The number of rotatable bonds is 6. The summed E-state index contributed by atoms with van der Waals surface area (Å²) in [5.41, 5.74) is 3.72. The van der Waals surface area contributed by atoms with Crippen molar-refractivity contribution in [1.29, 1.82) is 0 Å². The lowest BCUT2D eigenvalue weighted by Gasteiger charge is -2.26. The van der Waals surface area contributed by atoms with Gasteiger partial charge in [0.05, 0.1) is 17.0 Å². The van der Waals surface area contributed by atoms with Crippen molar-refractivity contribution in [2.24, 2.45) is 0 Å². The minimum atomic E-state index is -4.49. The zero-order valence-corrected chi connectivity index (χ0v) is 17.5. The maximum Gasteiger partial charge on any atom is 0.416 e. The molecule has 0 radical (unpaired) electrons. The average Bonchev–Trinajstić information content (AvgIpc) is 2.74. The monoisotopic (exact) mass is 443 g/mol. The van der Waals surface area contributed by atoms with Gasteiger partial charge in [-0.2, -0.15) is 13.2 Å². The Hall–Kier alpha value is -3.28. The van der Waals surface area contributed by atoms with Gasteiger partial charge in [0, 0.05) is 5.56 Å². The molecule has 31 heavy (non-hydrogen) atoms. The first-order valence-electron chi connectivity index (χ1n) is 9.34. The molecule has 3 nitrogen and oxygen atoms in total. The van der Waals surface area contributed by atoms with Gasteiger partial charge in [-0.3, -0.25) is 4.31 Å². The largest absolute Gasteiger partial charge is 0.416 e. The van der Waals surface area contributed by atoms with E-state index < -0.39 is 21.8 Å². The van der Waals surface area contributed by atoms with E-state index >= 15 is 0 Å². The zero-order chi connectivity index (χ0) is 22.6. The van der Waals surface area contributed by atoms with Crippen molar-refractivity contribution < 1.29 is 21.6 Å². The molecule has 3 aromatic rings. The lowest BCUT2D eigenvalue weighted by molar-refractivity contribution is -0.137. The maximum atomic E-state index is 13.5. The van der Waals surface area contributed by atoms with Crippen LogP contribution in [0.4, 0.5) is 13.2 Å². The van der Waals surface area contributed by atoms with Gasteiger partial charge < -0.3 is 0 Å². The van der Waals surface area contributed by atoms with E-state index in [1.165, 1.54) is 24.3 Å². The molecule has 7 heteroatoms. The minimum Gasteiger partial charge on any atom is -0.254 e. The molecule has 160 valence electrons. The van der Waals surface area contributed by atoms with Crippen molar-refractivity contribution in [1.82, 2.24) is 4.31 Å². The molecule has 0 amide bonds. The van der Waals surface area contributed by atoms with E-state index in [1.54, 1.807) is 36.4 Å². The van der Waals surface area contributed by atoms with Gasteiger partial charge in [-0.15, -0.1) is 5.73 Å². The van der Waals surface area contributed by atoms with Crippen LogP contribution in [-0.2, 0) is 22.7 Å². The van der Waals surface area contributed by atoms with Crippen molar-refractivity contribution in [3.8, 4) is 0 Å². The van der Waals surface area contributed by atoms with Gasteiger partial charge in [0.25, 0.3) is 10.0 Å². The van der Waals surface area contributed by atoms with Gasteiger partial charge in [0.15, 0.2) is 0 Å². The fourth-order valence-corrected chi connectivity index (χ4v) is 4.49. The molecule has 0 aliphatic carbocycles. The molecule has 0 spiro atoms. The highest BCUT2D eigenvalue weighted by atomic mass is 32.2. The summed E-state index contributed by atoms with van der Waals surface area (Å²) in [5, 5.41) is 0. The van der Waals surface area contributed by atoms with Crippen molar-refractivity contribution in [2.45, 2.75) is 24.5 Å². The van der Waals surface area contributed by atoms with Crippen molar-refractivity contribution in [3.63, 3.8) is 0 Å². The Bertz CT molecular complexity index is 1190. The van der Waals surface area contributed by atoms with Gasteiger partial charge in [-0.1, -0.05) is 66.7 Å². The van der Waals surface area contributed by atoms with Crippen LogP contribution in [0.15, 0.2) is 96.1 Å².